The quantitative estimate of drug-likeness (QED) is 0.797. The summed E-state index contributed by atoms with van der Waals surface area (Å²) in [5.41, 5.74) is 2.81. The summed E-state index contributed by atoms with van der Waals surface area (Å²) < 4.78 is 1.82. The van der Waals surface area contributed by atoms with Gasteiger partial charge in [0.2, 0.25) is 0 Å². The van der Waals surface area contributed by atoms with E-state index in [4.69, 9.17) is 5.11 Å². The molecule has 2 heterocycles. The average Bonchev–Trinajstić information content (AvgIpc) is 2.93. The number of hydrogen-bond acceptors (Lipinski definition) is 4. The third kappa shape index (κ3) is 3.09. The van der Waals surface area contributed by atoms with Crippen molar-refractivity contribution in [3.8, 4) is 0 Å². The predicted octanol–water partition coefficient (Wildman–Crippen LogP) is 1.47. The molecular weight excluding hydrogens is 282 g/mol. The number of urea groups is 1. The second kappa shape index (κ2) is 6.57. The van der Waals surface area contributed by atoms with Crippen LogP contribution in [-0.2, 0) is 13.0 Å². The van der Waals surface area contributed by atoms with Crippen LogP contribution in [0.4, 0.5) is 10.5 Å². The number of amides is 2. The number of aromatic nitrogens is 3. The maximum Gasteiger partial charge on any atom is 0.319 e. The molecule has 2 aromatic heterocycles. The Morgan fingerprint density at radius 1 is 1.45 bits per heavy atom. The van der Waals surface area contributed by atoms with E-state index in [1.54, 1.807) is 30.7 Å². The summed E-state index contributed by atoms with van der Waals surface area (Å²) in [6, 6.07) is 3.26. The van der Waals surface area contributed by atoms with Gasteiger partial charge in [0.25, 0.3) is 0 Å². The zero-order chi connectivity index (χ0) is 15.4. The van der Waals surface area contributed by atoms with Crippen molar-refractivity contribution < 1.29 is 9.90 Å². The van der Waals surface area contributed by atoms with Crippen LogP contribution in [0.5, 0.6) is 0 Å². The van der Waals surface area contributed by atoms with Crippen LogP contribution < -0.4 is 10.6 Å². The Hall–Kier alpha value is -2.41. The molecule has 22 heavy (non-hydrogen) atoms. The molecule has 3 rings (SSSR count). The highest BCUT2D eigenvalue weighted by molar-refractivity contribution is 5.89. The minimum Gasteiger partial charge on any atom is -0.394 e. The molecule has 1 aliphatic carbocycles. The van der Waals surface area contributed by atoms with E-state index in [0.29, 0.717) is 12.2 Å². The fraction of sp³-hybridized carbons (Fsp3) is 0.400. The molecule has 0 radical (unpaired) electrons. The monoisotopic (exact) mass is 301 g/mol. The molecule has 0 fully saturated rings. The number of nitrogens with zero attached hydrogens (tertiary/aromatic N) is 3. The van der Waals surface area contributed by atoms with Gasteiger partial charge in [-0.1, -0.05) is 0 Å². The van der Waals surface area contributed by atoms with E-state index in [0.717, 1.165) is 30.5 Å². The highest BCUT2D eigenvalue weighted by Gasteiger charge is 2.25. The normalized spacial score (nSPS) is 16.9. The molecule has 0 aromatic carbocycles. The zero-order valence-corrected chi connectivity index (χ0v) is 12.2. The van der Waals surface area contributed by atoms with E-state index >= 15 is 0 Å². The zero-order valence-electron chi connectivity index (χ0n) is 12.2. The lowest BCUT2D eigenvalue weighted by atomic mass is 9.93. The molecular formula is C15H19N5O2. The number of fused-ring (bicyclic) bond motifs is 1. The van der Waals surface area contributed by atoms with Gasteiger partial charge >= 0.3 is 6.03 Å². The minimum absolute atomic E-state index is 0.0483. The van der Waals surface area contributed by atoms with Crippen LogP contribution in [0, 0.1) is 0 Å². The summed E-state index contributed by atoms with van der Waals surface area (Å²) >= 11 is 0. The van der Waals surface area contributed by atoms with E-state index < -0.39 is 0 Å². The van der Waals surface area contributed by atoms with Crippen LogP contribution in [0.2, 0.25) is 0 Å². The van der Waals surface area contributed by atoms with Gasteiger partial charge in [-0.05, 0) is 31.4 Å². The number of aliphatic hydroxyl groups is 1. The van der Waals surface area contributed by atoms with Crippen LogP contribution in [0.3, 0.4) is 0 Å². The van der Waals surface area contributed by atoms with Crippen molar-refractivity contribution in [2.45, 2.75) is 31.8 Å². The number of hydrogen-bond donors (Lipinski definition) is 3. The van der Waals surface area contributed by atoms with Crippen molar-refractivity contribution in [1.82, 2.24) is 20.1 Å². The van der Waals surface area contributed by atoms with Crippen molar-refractivity contribution >= 4 is 11.7 Å². The van der Waals surface area contributed by atoms with Gasteiger partial charge < -0.3 is 15.7 Å². The Labute approximate surface area is 128 Å². The predicted molar refractivity (Wildman–Crippen MR) is 81.4 cm³/mol. The number of pyridine rings is 1. The van der Waals surface area contributed by atoms with Gasteiger partial charge in [-0.2, -0.15) is 5.10 Å². The van der Waals surface area contributed by atoms with Crippen LogP contribution in [0.25, 0.3) is 0 Å². The third-order valence-corrected chi connectivity index (χ3v) is 3.80. The van der Waals surface area contributed by atoms with E-state index in [-0.39, 0.29) is 18.7 Å². The molecule has 2 aromatic rings. The average molecular weight is 301 g/mol. The number of carbonyl (C=O) groups is 1. The first kappa shape index (κ1) is 14.5. The lowest BCUT2D eigenvalue weighted by Crippen LogP contribution is -2.34. The largest absolute Gasteiger partial charge is 0.394 e. The first-order valence-corrected chi connectivity index (χ1v) is 7.41. The molecule has 116 valence electrons. The molecule has 3 N–H and O–H groups in total. The molecule has 2 amide bonds. The summed E-state index contributed by atoms with van der Waals surface area (Å²) in [6.07, 6.45) is 7.86. The molecule has 1 atom stereocenters. The van der Waals surface area contributed by atoms with E-state index in [9.17, 15) is 4.79 Å². The van der Waals surface area contributed by atoms with Crippen molar-refractivity contribution in [3.05, 3.63) is 42.0 Å². The Morgan fingerprint density at radius 3 is 3.14 bits per heavy atom. The smallest absolute Gasteiger partial charge is 0.319 e. The second-order valence-electron chi connectivity index (χ2n) is 5.28. The lowest BCUT2D eigenvalue weighted by Gasteiger charge is -2.24. The number of carbonyl (C=O) groups excluding carboxylic acids is 1. The summed E-state index contributed by atoms with van der Waals surface area (Å²) in [5.74, 6) is 0. The van der Waals surface area contributed by atoms with Gasteiger partial charge in [-0.25, -0.2) is 4.79 Å². The molecule has 1 aliphatic rings. The minimum atomic E-state index is -0.249. The maximum absolute atomic E-state index is 12.1. The van der Waals surface area contributed by atoms with Crippen molar-refractivity contribution in [1.29, 1.82) is 0 Å². The summed E-state index contributed by atoms with van der Waals surface area (Å²) in [6.45, 7) is 0.553. The maximum atomic E-state index is 12.1. The van der Waals surface area contributed by atoms with E-state index in [2.05, 4.69) is 20.7 Å². The summed E-state index contributed by atoms with van der Waals surface area (Å²) in [4.78, 5) is 16.1. The van der Waals surface area contributed by atoms with Gasteiger partial charge in [-0.3, -0.25) is 9.67 Å². The molecule has 7 nitrogen and oxygen atoms in total. The molecule has 0 spiro atoms. The first-order chi connectivity index (χ1) is 10.8. The number of rotatable bonds is 4. The standard InChI is InChI=1S/C15H19N5O2/c21-8-7-20-14-5-1-4-13(12(14)10-17-20)19-15(22)18-11-3-2-6-16-9-11/h2-3,6,9-10,13,21H,1,4-5,7-8H2,(H2,18,19,22). The van der Waals surface area contributed by atoms with Gasteiger partial charge in [-0.15, -0.1) is 0 Å². The summed E-state index contributed by atoms with van der Waals surface area (Å²) in [7, 11) is 0. The van der Waals surface area contributed by atoms with Crippen LogP contribution >= 0.6 is 0 Å². The Kier molecular flexibility index (Phi) is 4.34. The Balaban J connectivity index is 1.68. The summed E-state index contributed by atoms with van der Waals surface area (Å²) in [5, 5.41) is 19.1. The van der Waals surface area contributed by atoms with Gasteiger partial charge in [0.15, 0.2) is 0 Å². The number of nitrogens with one attached hydrogen (secondary N) is 2. The topological polar surface area (TPSA) is 92.1 Å². The van der Waals surface area contributed by atoms with Crippen LogP contribution in [0.15, 0.2) is 30.7 Å². The molecule has 0 aliphatic heterocycles. The van der Waals surface area contributed by atoms with Gasteiger partial charge in [0.05, 0.1) is 37.3 Å². The van der Waals surface area contributed by atoms with Crippen LogP contribution in [-0.4, -0.2) is 32.5 Å². The first-order valence-electron chi connectivity index (χ1n) is 7.41. The third-order valence-electron chi connectivity index (χ3n) is 3.80. The fourth-order valence-electron chi connectivity index (χ4n) is 2.82. The molecule has 7 heteroatoms. The second-order valence-corrected chi connectivity index (χ2v) is 5.28. The molecule has 1 unspecified atom stereocenters. The Morgan fingerprint density at radius 2 is 2.36 bits per heavy atom. The fourth-order valence-corrected chi connectivity index (χ4v) is 2.82. The number of aliphatic hydroxyl groups excluding tert-OH is 1. The SMILES string of the molecule is O=C(Nc1cccnc1)NC1CCCc2c1cnn2CCO. The van der Waals surface area contributed by atoms with Gasteiger partial charge in [0, 0.05) is 17.5 Å². The number of anilines is 1. The van der Waals surface area contributed by atoms with E-state index in [1.165, 1.54) is 0 Å². The van der Waals surface area contributed by atoms with Gasteiger partial charge in [0.1, 0.15) is 0 Å². The Bertz CT molecular complexity index is 641. The van der Waals surface area contributed by atoms with E-state index in [1.807, 2.05) is 4.68 Å². The molecule has 0 bridgehead atoms. The molecule has 0 saturated heterocycles. The van der Waals surface area contributed by atoms with Crippen molar-refractivity contribution in [3.63, 3.8) is 0 Å². The van der Waals surface area contributed by atoms with Crippen molar-refractivity contribution in [2.75, 3.05) is 11.9 Å². The lowest BCUT2D eigenvalue weighted by molar-refractivity contribution is 0.246. The molecule has 0 saturated carbocycles. The highest BCUT2D eigenvalue weighted by atomic mass is 16.3. The highest BCUT2D eigenvalue weighted by Crippen LogP contribution is 2.29. The van der Waals surface area contributed by atoms with Crippen molar-refractivity contribution in [2.24, 2.45) is 0 Å². The van der Waals surface area contributed by atoms with Crippen LogP contribution in [0.1, 0.15) is 30.1 Å².